The lowest BCUT2D eigenvalue weighted by atomic mass is 10.2. The van der Waals surface area contributed by atoms with Crippen LogP contribution in [-0.2, 0) is 9.47 Å². The highest BCUT2D eigenvalue weighted by Gasteiger charge is 2.15. The Balaban J connectivity index is 2.07. The molecule has 20 heavy (non-hydrogen) atoms. The van der Waals surface area contributed by atoms with E-state index in [-0.39, 0.29) is 0 Å². The summed E-state index contributed by atoms with van der Waals surface area (Å²) in [7, 11) is 0. The Hall–Kier alpha value is -0.810. The van der Waals surface area contributed by atoms with Crippen LogP contribution in [0.25, 0.3) is 0 Å². The first-order valence-electron chi connectivity index (χ1n) is 8.08. The van der Waals surface area contributed by atoms with Gasteiger partial charge in [0.15, 0.2) is 5.96 Å². The maximum Gasteiger partial charge on any atom is 0.191 e. The molecule has 2 N–H and O–H groups in total. The van der Waals surface area contributed by atoms with E-state index in [2.05, 4.69) is 29.5 Å². The van der Waals surface area contributed by atoms with Crippen LogP contribution in [-0.4, -0.2) is 51.5 Å². The van der Waals surface area contributed by atoms with Gasteiger partial charge in [0.05, 0.1) is 12.7 Å². The predicted molar refractivity (Wildman–Crippen MR) is 83.3 cm³/mol. The lowest BCUT2D eigenvalue weighted by Gasteiger charge is -2.11. The summed E-state index contributed by atoms with van der Waals surface area (Å²) in [5.41, 5.74) is 0. The van der Waals surface area contributed by atoms with E-state index in [1.165, 1.54) is 19.3 Å². The van der Waals surface area contributed by atoms with E-state index in [0.29, 0.717) is 6.10 Å². The van der Waals surface area contributed by atoms with Gasteiger partial charge in [0.25, 0.3) is 0 Å². The van der Waals surface area contributed by atoms with Gasteiger partial charge >= 0.3 is 0 Å². The van der Waals surface area contributed by atoms with E-state index in [1.54, 1.807) is 0 Å². The number of rotatable bonds is 10. The number of aliphatic imine (C=N–C) groups is 1. The number of ether oxygens (including phenoxy) is 2. The van der Waals surface area contributed by atoms with Crippen molar-refractivity contribution < 1.29 is 9.47 Å². The number of nitrogens with zero attached hydrogens (tertiary/aromatic N) is 1. The highest BCUT2D eigenvalue weighted by molar-refractivity contribution is 5.79. The average molecular weight is 285 g/mol. The molecule has 0 saturated carbocycles. The molecule has 1 aliphatic rings. The molecule has 5 heteroatoms. The summed E-state index contributed by atoms with van der Waals surface area (Å²) in [6.07, 6.45) is 6.01. The van der Waals surface area contributed by atoms with Gasteiger partial charge in [-0.15, -0.1) is 0 Å². The SMILES string of the molecule is CCCCCNC(=NCCCOC1CCOC1)NCC. The molecular weight excluding hydrogens is 254 g/mol. The molecule has 1 rings (SSSR count). The Bertz CT molecular complexity index is 254. The second kappa shape index (κ2) is 12.0. The summed E-state index contributed by atoms with van der Waals surface area (Å²) in [6, 6.07) is 0. The zero-order valence-corrected chi connectivity index (χ0v) is 13.1. The van der Waals surface area contributed by atoms with Gasteiger partial charge in [0, 0.05) is 32.8 Å². The summed E-state index contributed by atoms with van der Waals surface area (Å²) in [6.45, 7) is 9.37. The molecule has 0 radical (unpaired) electrons. The third kappa shape index (κ3) is 8.38. The second-order valence-electron chi connectivity index (χ2n) is 5.10. The molecule has 0 amide bonds. The molecule has 1 fully saturated rings. The maximum atomic E-state index is 5.72. The molecule has 1 atom stereocenters. The van der Waals surface area contributed by atoms with Crippen molar-refractivity contribution in [2.24, 2.45) is 4.99 Å². The molecule has 0 aromatic rings. The van der Waals surface area contributed by atoms with Crippen molar-refractivity contribution >= 4 is 5.96 Å². The molecule has 0 aromatic heterocycles. The topological polar surface area (TPSA) is 54.9 Å². The van der Waals surface area contributed by atoms with Crippen LogP contribution >= 0.6 is 0 Å². The van der Waals surface area contributed by atoms with Gasteiger partial charge in [-0.25, -0.2) is 0 Å². The van der Waals surface area contributed by atoms with Crippen molar-refractivity contribution in [1.82, 2.24) is 10.6 Å². The van der Waals surface area contributed by atoms with E-state index in [0.717, 1.165) is 58.3 Å². The van der Waals surface area contributed by atoms with Crippen molar-refractivity contribution in [2.75, 3.05) is 39.5 Å². The molecule has 1 unspecified atom stereocenters. The van der Waals surface area contributed by atoms with Crippen molar-refractivity contribution in [2.45, 2.75) is 52.1 Å². The van der Waals surface area contributed by atoms with Crippen LogP contribution in [0, 0.1) is 0 Å². The van der Waals surface area contributed by atoms with E-state index < -0.39 is 0 Å². The van der Waals surface area contributed by atoms with Gasteiger partial charge in [-0.05, 0) is 26.2 Å². The minimum Gasteiger partial charge on any atom is -0.379 e. The van der Waals surface area contributed by atoms with Crippen LogP contribution in [0.15, 0.2) is 4.99 Å². The Labute approximate surface area is 123 Å². The Morgan fingerprint density at radius 2 is 2.15 bits per heavy atom. The fourth-order valence-corrected chi connectivity index (χ4v) is 2.07. The highest BCUT2D eigenvalue weighted by Crippen LogP contribution is 2.07. The molecule has 0 spiro atoms. The fraction of sp³-hybridized carbons (Fsp3) is 0.933. The summed E-state index contributed by atoms with van der Waals surface area (Å²) in [4.78, 5) is 4.56. The molecule has 1 saturated heterocycles. The molecule has 5 nitrogen and oxygen atoms in total. The fourth-order valence-electron chi connectivity index (χ4n) is 2.07. The van der Waals surface area contributed by atoms with Crippen LogP contribution in [0.1, 0.15) is 46.0 Å². The smallest absolute Gasteiger partial charge is 0.191 e. The molecule has 0 aliphatic carbocycles. The average Bonchev–Trinajstić information content (AvgIpc) is 2.96. The maximum absolute atomic E-state index is 5.72. The lowest BCUT2D eigenvalue weighted by Crippen LogP contribution is -2.37. The minimum absolute atomic E-state index is 0.305. The normalized spacial score (nSPS) is 19.3. The van der Waals surface area contributed by atoms with E-state index in [1.807, 2.05) is 0 Å². The first kappa shape index (κ1) is 17.2. The van der Waals surface area contributed by atoms with Gasteiger partial charge in [0.1, 0.15) is 0 Å². The molecule has 1 heterocycles. The summed E-state index contributed by atoms with van der Waals surface area (Å²) >= 11 is 0. The quantitative estimate of drug-likeness (QED) is 0.366. The number of hydrogen-bond acceptors (Lipinski definition) is 3. The van der Waals surface area contributed by atoms with Crippen LogP contribution in [0.2, 0.25) is 0 Å². The first-order valence-corrected chi connectivity index (χ1v) is 8.08. The second-order valence-corrected chi connectivity index (χ2v) is 5.10. The predicted octanol–water partition coefficient (Wildman–Crippen LogP) is 1.93. The Morgan fingerprint density at radius 3 is 2.85 bits per heavy atom. The van der Waals surface area contributed by atoms with Gasteiger partial charge in [-0.2, -0.15) is 0 Å². The molecule has 0 aromatic carbocycles. The third-order valence-electron chi connectivity index (χ3n) is 3.23. The third-order valence-corrected chi connectivity index (χ3v) is 3.23. The zero-order valence-electron chi connectivity index (χ0n) is 13.1. The summed E-state index contributed by atoms with van der Waals surface area (Å²) in [5, 5.41) is 6.64. The highest BCUT2D eigenvalue weighted by atomic mass is 16.5. The molecule has 1 aliphatic heterocycles. The van der Waals surface area contributed by atoms with Crippen LogP contribution in [0.3, 0.4) is 0 Å². The zero-order chi connectivity index (χ0) is 14.5. The number of nitrogens with one attached hydrogen (secondary N) is 2. The van der Waals surface area contributed by atoms with Crippen LogP contribution < -0.4 is 10.6 Å². The monoisotopic (exact) mass is 285 g/mol. The van der Waals surface area contributed by atoms with Gasteiger partial charge in [-0.1, -0.05) is 19.8 Å². The van der Waals surface area contributed by atoms with Gasteiger partial charge in [-0.3, -0.25) is 4.99 Å². The number of guanidine groups is 1. The van der Waals surface area contributed by atoms with Crippen LogP contribution in [0.5, 0.6) is 0 Å². The first-order chi connectivity index (χ1) is 9.86. The van der Waals surface area contributed by atoms with Crippen molar-refractivity contribution in [3.8, 4) is 0 Å². The summed E-state index contributed by atoms with van der Waals surface area (Å²) < 4.78 is 11.0. The summed E-state index contributed by atoms with van der Waals surface area (Å²) in [5.74, 6) is 0.924. The molecule has 0 bridgehead atoms. The van der Waals surface area contributed by atoms with Crippen LogP contribution in [0.4, 0.5) is 0 Å². The van der Waals surface area contributed by atoms with E-state index >= 15 is 0 Å². The largest absolute Gasteiger partial charge is 0.379 e. The van der Waals surface area contributed by atoms with Crippen molar-refractivity contribution in [3.05, 3.63) is 0 Å². The van der Waals surface area contributed by atoms with Crippen molar-refractivity contribution in [3.63, 3.8) is 0 Å². The Kier molecular flexibility index (Phi) is 10.3. The van der Waals surface area contributed by atoms with E-state index in [4.69, 9.17) is 9.47 Å². The number of unbranched alkanes of at least 4 members (excludes halogenated alkanes) is 2. The lowest BCUT2D eigenvalue weighted by molar-refractivity contribution is 0.0424. The minimum atomic E-state index is 0.305. The molecule has 118 valence electrons. The number of hydrogen-bond donors (Lipinski definition) is 2. The Morgan fingerprint density at radius 1 is 1.25 bits per heavy atom. The van der Waals surface area contributed by atoms with E-state index in [9.17, 15) is 0 Å². The standard InChI is InChI=1S/C15H31N3O2/c1-3-5-6-9-17-15(16-4-2)18-10-7-11-20-14-8-12-19-13-14/h14H,3-13H2,1-2H3,(H2,16,17,18). The molecular formula is C15H31N3O2. The van der Waals surface area contributed by atoms with Gasteiger partial charge < -0.3 is 20.1 Å². The van der Waals surface area contributed by atoms with Gasteiger partial charge in [0.2, 0.25) is 0 Å². The van der Waals surface area contributed by atoms with Crippen molar-refractivity contribution in [1.29, 1.82) is 0 Å².